The van der Waals surface area contributed by atoms with Gasteiger partial charge in [-0.3, -0.25) is 4.79 Å². The summed E-state index contributed by atoms with van der Waals surface area (Å²) >= 11 is 0. The van der Waals surface area contributed by atoms with Crippen molar-refractivity contribution in [2.45, 2.75) is 77.7 Å². The largest absolute Gasteiger partial charge is 0.458 e. The average Bonchev–Trinajstić information content (AvgIpc) is 3.29. The standard InChI is InChI=1S/C22H32N6O5/c1-5-9-16(19-25-27-28-26-19)23-18(29)13-12-17(20(30)33-22(2,3)4)24-21(31)32-14-15-10-7-6-8-11-15/h6-8,10-11,16-17H,5,9,12-14H2,1-4H3,(H,23,29)(H,24,31)(H,25,26,27,28)/t16-,17+/m1/s1. The third-order valence-electron chi connectivity index (χ3n) is 4.44. The molecule has 0 saturated heterocycles. The van der Waals surface area contributed by atoms with E-state index in [1.165, 1.54) is 0 Å². The van der Waals surface area contributed by atoms with Crippen LogP contribution in [0.3, 0.4) is 0 Å². The van der Waals surface area contributed by atoms with Gasteiger partial charge in [0, 0.05) is 6.42 Å². The highest BCUT2D eigenvalue weighted by molar-refractivity contribution is 5.83. The van der Waals surface area contributed by atoms with Crippen molar-refractivity contribution in [2.24, 2.45) is 0 Å². The molecule has 0 aliphatic rings. The smallest absolute Gasteiger partial charge is 0.408 e. The topological polar surface area (TPSA) is 148 Å². The van der Waals surface area contributed by atoms with Crippen molar-refractivity contribution in [2.75, 3.05) is 0 Å². The zero-order valence-electron chi connectivity index (χ0n) is 19.5. The number of benzene rings is 1. The van der Waals surface area contributed by atoms with Gasteiger partial charge < -0.3 is 20.1 Å². The fourth-order valence-electron chi connectivity index (χ4n) is 2.94. The van der Waals surface area contributed by atoms with Gasteiger partial charge in [-0.05, 0) is 39.2 Å². The highest BCUT2D eigenvalue weighted by Gasteiger charge is 2.28. The zero-order chi connectivity index (χ0) is 24.3. The van der Waals surface area contributed by atoms with Crippen LogP contribution in [0, 0.1) is 0 Å². The van der Waals surface area contributed by atoms with Crippen LogP contribution in [0.2, 0.25) is 0 Å². The molecule has 2 aromatic rings. The number of carbonyl (C=O) groups excluding carboxylic acids is 3. The lowest BCUT2D eigenvalue weighted by atomic mass is 10.1. The third kappa shape index (κ3) is 9.67. The first-order chi connectivity index (χ1) is 15.7. The Hall–Kier alpha value is -3.50. The number of ether oxygens (including phenoxy) is 2. The van der Waals surface area contributed by atoms with Gasteiger partial charge in [0.1, 0.15) is 18.2 Å². The van der Waals surface area contributed by atoms with E-state index in [0.717, 1.165) is 12.0 Å². The molecule has 0 aliphatic heterocycles. The fourth-order valence-corrected chi connectivity index (χ4v) is 2.94. The Morgan fingerprint density at radius 3 is 2.42 bits per heavy atom. The second-order valence-electron chi connectivity index (χ2n) is 8.51. The summed E-state index contributed by atoms with van der Waals surface area (Å²) in [7, 11) is 0. The van der Waals surface area contributed by atoms with Crippen molar-refractivity contribution in [3.8, 4) is 0 Å². The van der Waals surface area contributed by atoms with Crippen molar-refractivity contribution >= 4 is 18.0 Å². The van der Waals surface area contributed by atoms with Crippen LogP contribution in [0.15, 0.2) is 30.3 Å². The van der Waals surface area contributed by atoms with E-state index >= 15 is 0 Å². The molecular formula is C22H32N6O5. The summed E-state index contributed by atoms with van der Waals surface area (Å²) in [6.07, 6.45) is 0.665. The number of aromatic nitrogens is 4. The second kappa shape index (κ2) is 12.5. The van der Waals surface area contributed by atoms with E-state index in [0.29, 0.717) is 12.2 Å². The molecule has 0 fully saturated rings. The molecule has 0 aliphatic carbocycles. The molecule has 3 N–H and O–H groups in total. The lowest BCUT2D eigenvalue weighted by Crippen LogP contribution is -2.45. The molecule has 2 rings (SSSR count). The molecule has 0 bridgehead atoms. The summed E-state index contributed by atoms with van der Waals surface area (Å²) < 4.78 is 10.6. The Morgan fingerprint density at radius 1 is 1.09 bits per heavy atom. The Bertz CT molecular complexity index is 882. The molecular weight excluding hydrogens is 428 g/mol. The number of rotatable bonds is 11. The normalized spacial score (nSPS) is 13.0. The summed E-state index contributed by atoms with van der Waals surface area (Å²) in [5.74, 6) is -0.571. The van der Waals surface area contributed by atoms with Crippen molar-refractivity contribution in [3.05, 3.63) is 41.7 Å². The van der Waals surface area contributed by atoms with Gasteiger partial charge in [0.15, 0.2) is 5.82 Å². The second-order valence-corrected chi connectivity index (χ2v) is 8.51. The number of carbonyl (C=O) groups is 3. The van der Waals surface area contributed by atoms with Crippen LogP contribution in [-0.4, -0.2) is 50.2 Å². The van der Waals surface area contributed by atoms with Gasteiger partial charge in [-0.1, -0.05) is 48.9 Å². The minimum absolute atomic E-state index is 0.0268. The predicted molar refractivity (Wildman–Crippen MR) is 119 cm³/mol. The third-order valence-corrected chi connectivity index (χ3v) is 4.44. The number of hydrogen-bond acceptors (Lipinski definition) is 8. The van der Waals surface area contributed by atoms with Crippen molar-refractivity contribution in [1.29, 1.82) is 0 Å². The maximum absolute atomic E-state index is 12.6. The molecule has 2 atom stereocenters. The summed E-state index contributed by atoms with van der Waals surface area (Å²) in [5, 5.41) is 19.1. The predicted octanol–water partition coefficient (Wildman–Crippen LogP) is 2.57. The number of hydrogen-bond donors (Lipinski definition) is 3. The van der Waals surface area contributed by atoms with Crippen molar-refractivity contribution in [3.63, 3.8) is 0 Å². The van der Waals surface area contributed by atoms with Gasteiger partial charge in [-0.25, -0.2) is 9.59 Å². The van der Waals surface area contributed by atoms with Gasteiger partial charge >= 0.3 is 12.1 Å². The molecule has 0 unspecified atom stereocenters. The van der Waals surface area contributed by atoms with E-state index in [1.54, 1.807) is 20.8 Å². The maximum Gasteiger partial charge on any atom is 0.408 e. The van der Waals surface area contributed by atoms with Crippen molar-refractivity contribution in [1.82, 2.24) is 31.3 Å². The Morgan fingerprint density at radius 2 is 1.82 bits per heavy atom. The highest BCUT2D eigenvalue weighted by Crippen LogP contribution is 2.15. The maximum atomic E-state index is 12.6. The summed E-state index contributed by atoms with van der Waals surface area (Å²) in [6, 6.07) is 7.71. The van der Waals surface area contributed by atoms with E-state index in [2.05, 4.69) is 31.3 Å². The first-order valence-electron chi connectivity index (χ1n) is 10.9. The summed E-state index contributed by atoms with van der Waals surface area (Å²) in [6.45, 7) is 7.20. The van der Waals surface area contributed by atoms with Crippen LogP contribution in [-0.2, 0) is 25.7 Å². The molecule has 1 aromatic carbocycles. The van der Waals surface area contributed by atoms with Crippen LogP contribution in [0.4, 0.5) is 4.79 Å². The molecule has 11 heteroatoms. The number of nitrogens with zero attached hydrogens (tertiary/aromatic N) is 3. The lowest BCUT2D eigenvalue weighted by Gasteiger charge is -2.24. The number of aromatic amines is 1. The number of alkyl carbamates (subject to hydrolysis) is 1. The Balaban J connectivity index is 1.95. The van der Waals surface area contributed by atoms with E-state index in [-0.39, 0.29) is 25.4 Å². The molecule has 2 amide bonds. The van der Waals surface area contributed by atoms with Crippen LogP contribution in [0.1, 0.15) is 70.8 Å². The summed E-state index contributed by atoms with van der Waals surface area (Å²) in [5.41, 5.74) is 0.0576. The minimum Gasteiger partial charge on any atom is -0.458 e. The molecule has 0 radical (unpaired) electrons. The zero-order valence-corrected chi connectivity index (χ0v) is 19.5. The van der Waals surface area contributed by atoms with Gasteiger partial charge in [0.05, 0.1) is 6.04 Å². The lowest BCUT2D eigenvalue weighted by molar-refractivity contribution is -0.157. The molecule has 33 heavy (non-hydrogen) atoms. The van der Waals surface area contributed by atoms with Gasteiger partial charge in [0.2, 0.25) is 5.91 Å². The van der Waals surface area contributed by atoms with E-state index in [4.69, 9.17) is 9.47 Å². The molecule has 0 saturated carbocycles. The van der Waals surface area contributed by atoms with E-state index < -0.39 is 29.7 Å². The van der Waals surface area contributed by atoms with Crippen LogP contribution >= 0.6 is 0 Å². The number of H-pyrrole nitrogens is 1. The van der Waals surface area contributed by atoms with E-state index in [9.17, 15) is 14.4 Å². The highest BCUT2D eigenvalue weighted by atomic mass is 16.6. The first-order valence-corrected chi connectivity index (χ1v) is 10.9. The quantitative estimate of drug-likeness (QED) is 0.433. The molecule has 11 nitrogen and oxygen atoms in total. The van der Waals surface area contributed by atoms with Crippen molar-refractivity contribution < 1.29 is 23.9 Å². The monoisotopic (exact) mass is 460 g/mol. The van der Waals surface area contributed by atoms with Gasteiger partial charge in [0.25, 0.3) is 0 Å². The molecule has 1 aromatic heterocycles. The average molecular weight is 461 g/mol. The number of esters is 1. The first kappa shape index (κ1) is 25.8. The molecule has 0 spiro atoms. The molecule has 180 valence electrons. The Labute approximate surface area is 193 Å². The summed E-state index contributed by atoms with van der Waals surface area (Å²) in [4.78, 5) is 37.5. The van der Waals surface area contributed by atoms with Gasteiger partial charge in [-0.15, -0.1) is 10.2 Å². The van der Waals surface area contributed by atoms with E-state index in [1.807, 2.05) is 37.3 Å². The van der Waals surface area contributed by atoms with Crippen LogP contribution in [0.25, 0.3) is 0 Å². The number of nitrogens with one attached hydrogen (secondary N) is 3. The number of tetrazole rings is 1. The fraction of sp³-hybridized carbons (Fsp3) is 0.545. The van der Waals surface area contributed by atoms with Gasteiger partial charge in [-0.2, -0.15) is 5.21 Å². The Kier molecular flexibility index (Phi) is 9.77. The molecule has 1 heterocycles. The minimum atomic E-state index is -1.05. The van der Waals surface area contributed by atoms with Crippen LogP contribution in [0.5, 0.6) is 0 Å². The van der Waals surface area contributed by atoms with Crippen LogP contribution < -0.4 is 10.6 Å². The SMILES string of the molecule is CCC[C@@H](NC(=O)CC[C@H](NC(=O)OCc1ccccc1)C(=O)OC(C)(C)C)c1nn[nH]n1. The number of amides is 2.